The normalized spacial score (nSPS) is 23.4. The van der Waals surface area contributed by atoms with E-state index < -0.39 is 0 Å². The van der Waals surface area contributed by atoms with E-state index in [4.69, 9.17) is 9.78 Å². The lowest BCUT2D eigenvalue weighted by Gasteiger charge is -1.98. The van der Waals surface area contributed by atoms with Gasteiger partial charge in [0.2, 0.25) is 11.7 Å². The Morgan fingerprint density at radius 3 is 2.75 bits per heavy atom. The highest BCUT2D eigenvalue weighted by molar-refractivity contribution is 9.11. The Balaban J connectivity index is 1.94. The number of nitriles is 1. The van der Waals surface area contributed by atoms with Crippen molar-refractivity contribution in [3.63, 3.8) is 0 Å². The third-order valence-electron chi connectivity index (χ3n) is 3.69. The maximum Gasteiger partial charge on any atom is 0.232 e. The van der Waals surface area contributed by atoms with Gasteiger partial charge in [0.1, 0.15) is 5.69 Å². The average molecular weight is 398 g/mol. The molecule has 20 heavy (non-hydrogen) atoms. The summed E-state index contributed by atoms with van der Waals surface area (Å²) < 4.78 is 6.96. The minimum atomic E-state index is -0.108. The molecule has 1 aliphatic rings. The summed E-state index contributed by atoms with van der Waals surface area (Å²) in [5.41, 5.74) is 0.512. The van der Waals surface area contributed by atoms with Crippen LogP contribution in [0.2, 0.25) is 0 Å². The number of hydrogen-bond acceptors (Lipinski definition) is 5. The molecule has 0 N–H and O–H groups in total. The predicted molar refractivity (Wildman–Crippen MR) is 78.6 cm³/mol. The Morgan fingerprint density at radius 2 is 2.15 bits per heavy atom. The zero-order chi connectivity index (χ0) is 14.5. The molecule has 2 aromatic heterocycles. The lowest BCUT2D eigenvalue weighted by Crippen LogP contribution is -1.91. The van der Waals surface area contributed by atoms with Gasteiger partial charge in [-0.3, -0.25) is 4.98 Å². The summed E-state index contributed by atoms with van der Waals surface area (Å²) >= 11 is 6.77. The van der Waals surface area contributed by atoms with Crippen LogP contribution in [0.15, 0.2) is 25.7 Å². The Bertz CT molecular complexity index is 719. The predicted octanol–water partition coefficient (Wildman–Crippen LogP) is 3.92. The van der Waals surface area contributed by atoms with Crippen LogP contribution in [-0.2, 0) is 0 Å². The summed E-state index contributed by atoms with van der Waals surface area (Å²) in [6, 6.07) is 4.16. The molecular weight excluding hydrogens is 388 g/mol. The Kier molecular flexibility index (Phi) is 3.18. The maximum atomic E-state index is 9.11. The van der Waals surface area contributed by atoms with Crippen molar-refractivity contribution in [2.24, 2.45) is 11.3 Å². The number of rotatable bonds is 2. The lowest BCUT2D eigenvalue weighted by atomic mass is 10.1. The van der Waals surface area contributed by atoms with Gasteiger partial charge in [-0.25, -0.2) is 0 Å². The van der Waals surface area contributed by atoms with Gasteiger partial charge in [0.25, 0.3) is 0 Å². The molecule has 3 rings (SSSR count). The number of pyridine rings is 1. The fourth-order valence-electron chi connectivity index (χ4n) is 2.38. The summed E-state index contributed by atoms with van der Waals surface area (Å²) in [6.07, 6.45) is 1.68. The first-order chi connectivity index (χ1) is 9.45. The molecule has 1 saturated carbocycles. The van der Waals surface area contributed by atoms with Gasteiger partial charge in [0.05, 0.1) is 17.9 Å². The zero-order valence-corrected chi connectivity index (χ0v) is 13.9. The third kappa shape index (κ3) is 2.07. The molecule has 0 aliphatic heterocycles. The largest absolute Gasteiger partial charge is 0.339 e. The van der Waals surface area contributed by atoms with Crippen LogP contribution >= 0.6 is 31.9 Å². The van der Waals surface area contributed by atoms with Gasteiger partial charge in [0.15, 0.2) is 0 Å². The van der Waals surface area contributed by atoms with Crippen molar-refractivity contribution < 1.29 is 4.52 Å². The Hall–Kier alpha value is -1.26. The van der Waals surface area contributed by atoms with E-state index in [1.165, 1.54) is 0 Å². The number of hydrogen-bond donors (Lipinski definition) is 0. The average Bonchev–Trinajstić information content (AvgIpc) is 2.73. The molecule has 0 aromatic carbocycles. The van der Waals surface area contributed by atoms with Crippen molar-refractivity contribution >= 4 is 31.9 Å². The molecule has 0 bridgehead atoms. The molecule has 5 nitrogen and oxygen atoms in total. The minimum absolute atomic E-state index is 0.00275. The summed E-state index contributed by atoms with van der Waals surface area (Å²) in [4.78, 5) is 8.66. The van der Waals surface area contributed by atoms with Gasteiger partial charge in [-0.05, 0) is 43.3 Å². The van der Waals surface area contributed by atoms with E-state index in [0.29, 0.717) is 17.4 Å². The Labute approximate surface area is 132 Å². The second-order valence-electron chi connectivity index (χ2n) is 5.35. The van der Waals surface area contributed by atoms with Crippen LogP contribution < -0.4 is 0 Å². The second-order valence-corrected chi connectivity index (χ2v) is 7.12. The SMILES string of the molecule is CC1(C)C(C#N)C1c1nc(-c2ncc(Br)cc2Br)no1. The third-order valence-corrected chi connectivity index (χ3v) is 4.73. The molecular formula is C13H10Br2N4O. The van der Waals surface area contributed by atoms with E-state index in [1.54, 1.807) is 6.20 Å². The van der Waals surface area contributed by atoms with Crippen LogP contribution in [0.1, 0.15) is 25.7 Å². The van der Waals surface area contributed by atoms with Crippen LogP contribution in [0, 0.1) is 22.7 Å². The molecule has 1 fully saturated rings. The van der Waals surface area contributed by atoms with Crippen LogP contribution in [0.4, 0.5) is 0 Å². The van der Waals surface area contributed by atoms with Gasteiger partial charge in [-0.1, -0.05) is 19.0 Å². The minimum Gasteiger partial charge on any atom is -0.339 e. The molecule has 102 valence electrons. The van der Waals surface area contributed by atoms with Gasteiger partial charge < -0.3 is 4.52 Å². The summed E-state index contributed by atoms with van der Waals surface area (Å²) in [6.45, 7) is 4.06. The van der Waals surface area contributed by atoms with Gasteiger partial charge in [0, 0.05) is 15.1 Å². The van der Waals surface area contributed by atoms with E-state index in [0.717, 1.165) is 8.95 Å². The van der Waals surface area contributed by atoms with Crippen molar-refractivity contribution in [3.05, 3.63) is 27.1 Å². The first kappa shape index (κ1) is 13.7. The smallest absolute Gasteiger partial charge is 0.232 e. The van der Waals surface area contributed by atoms with Crippen LogP contribution in [0.25, 0.3) is 11.5 Å². The quantitative estimate of drug-likeness (QED) is 0.767. The number of halogens is 2. The van der Waals surface area contributed by atoms with Crippen LogP contribution in [0.5, 0.6) is 0 Å². The number of nitrogens with zero attached hydrogens (tertiary/aromatic N) is 4. The second kappa shape index (κ2) is 4.64. The van der Waals surface area contributed by atoms with Gasteiger partial charge in [-0.2, -0.15) is 10.2 Å². The first-order valence-electron chi connectivity index (χ1n) is 5.99. The molecule has 2 aromatic rings. The fourth-order valence-corrected chi connectivity index (χ4v) is 3.54. The van der Waals surface area contributed by atoms with E-state index in [1.807, 2.05) is 19.9 Å². The standard InChI is InChI=1S/C13H10Br2N4O/c1-13(2)7(4-16)9(13)12-18-11(19-20-12)10-8(15)3-6(14)5-17-10/h3,5,7,9H,1-2H3. The van der Waals surface area contributed by atoms with Crippen LogP contribution in [0.3, 0.4) is 0 Å². The topological polar surface area (TPSA) is 75.6 Å². The first-order valence-corrected chi connectivity index (χ1v) is 7.58. The summed E-state index contributed by atoms with van der Waals surface area (Å²) in [7, 11) is 0. The van der Waals surface area contributed by atoms with Crippen molar-refractivity contribution in [1.29, 1.82) is 5.26 Å². The van der Waals surface area contributed by atoms with Crippen LogP contribution in [-0.4, -0.2) is 15.1 Å². The Morgan fingerprint density at radius 1 is 1.40 bits per heavy atom. The van der Waals surface area contributed by atoms with E-state index in [-0.39, 0.29) is 17.3 Å². The molecule has 2 atom stereocenters. The van der Waals surface area contributed by atoms with Gasteiger partial charge >= 0.3 is 0 Å². The van der Waals surface area contributed by atoms with Gasteiger partial charge in [-0.15, -0.1) is 0 Å². The monoisotopic (exact) mass is 396 g/mol. The van der Waals surface area contributed by atoms with Crippen molar-refractivity contribution in [2.75, 3.05) is 0 Å². The molecule has 2 heterocycles. The molecule has 0 spiro atoms. The highest BCUT2D eigenvalue weighted by atomic mass is 79.9. The molecule has 2 unspecified atom stereocenters. The van der Waals surface area contributed by atoms with E-state index >= 15 is 0 Å². The highest BCUT2D eigenvalue weighted by Crippen LogP contribution is 2.63. The zero-order valence-electron chi connectivity index (χ0n) is 10.8. The highest BCUT2D eigenvalue weighted by Gasteiger charge is 2.62. The summed E-state index contributed by atoms with van der Waals surface area (Å²) in [5, 5.41) is 13.1. The van der Waals surface area contributed by atoms with E-state index in [2.05, 4.69) is 53.1 Å². The summed E-state index contributed by atoms with van der Waals surface area (Å²) in [5.74, 6) is 0.868. The lowest BCUT2D eigenvalue weighted by molar-refractivity contribution is 0.368. The van der Waals surface area contributed by atoms with Crippen molar-refractivity contribution in [2.45, 2.75) is 19.8 Å². The molecule has 0 radical (unpaired) electrons. The maximum absolute atomic E-state index is 9.11. The molecule has 0 amide bonds. The molecule has 7 heteroatoms. The molecule has 1 aliphatic carbocycles. The fraction of sp³-hybridized carbons (Fsp3) is 0.385. The van der Waals surface area contributed by atoms with Crippen molar-refractivity contribution in [1.82, 2.24) is 15.1 Å². The van der Waals surface area contributed by atoms with Crippen molar-refractivity contribution in [3.8, 4) is 17.6 Å². The van der Waals surface area contributed by atoms with E-state index in [9.17, 15) is 0 Å². The number of aromatic nitrogens is 3. The molecule has 0 saturated heterocycles.